The Morgan fingerprint density at radius 3 is 2.62 bits per heavy atom. The topological polar surface area (TPSA) is 55.5 Å². The van der Waals surface area contributed by atoms with Crippen LogP contribution in [0.25, 0.3) is 0 Å². The Kier molecular flexibility index (Phi) is 3.13. The van der Waals surface area contributed by atoms with Gasteiger partial charge in [0.25, 0.3) is 0 Å². The van der Waals surface area contributed by atoms with Gasteiger partial charge >= 0.3 is 0 Å². The van der Waals surface area contributed by atoms with Crippen LogP contribution in [0.1, 0.15) is 24.8 Å². The zero-order chi connectivity index (χ0) is 11.8. The standard InChI is InChI=1S/C12H16BrNO2/c1-16-11-9(13)4-3-8(10(11)15)12(7-14)5-2-6-12/h3-4,15H,2,5-7,14H2,1H3. The van der Waals surface area contributed by atoms with E-state index in [2.05, 4.69) is 15.9 Å². The molecule has 0 unspecified atom stereocenters. The predicted molar refractivity (Wildman–Crippen MR) is 66.9 cm³/mol. The largest absolute Gasteiger partial charge is 0.504 e. The number of hydrogen-bond donors (Lipinski definition) is 2. The highest BCUT2D eigenvalue weighted by atomic mass is 79.9. The van der Waals surface area contributed by atoms with Crippen LogP contribution < -0.4 is 10.5 Å². The molecule has 0 amide bonds. The Morgan fingerprint density at radius 1 is 1.50 bits per heavy atom. The van der Waals surface area contributed by atoms with Crippen molar-refractivity contribution >= 4 is 15.9 Å². The second kappa shape index (κ2) is 4.26. The molecule has 0 saturated heterocycles. The molecule has 0 aromatic heterocycles. The van der Waals surface area contributed by atoms with Crippen LogP contribution in [0.2, 0.25) is 0 Å². The van der Waals surface area contributed by atoms with E-state index in [1.807, 2.05) is 12.1 Å². The van der Waals surface area contributed by atoms with Gasteiger partial charge in [-0.3, -0.25) is 0 Å². The van der Waals surface area contributed by atoms with Gasteiger partial charge in [-0.2, -0.15) is 0 Å². The number of aromatic hydroxyl groups is 1. The smallest absolute Gasteiger partial charge is 0.174 e. The summed E-state index contributed by atoms with van der Waals surface area (Å²) in [6.45, 7) is 0.575. The summed E-state index contributed by atoms with van der Waals surface area (Å²) in [6.07, 6.45) is 3.26. The second-order valence-corrected chi connectivity index (χ2v) is 5.17. The van der Waals surface area contributed by atoms with Crippen molar-refractivity contribution in [3.63, 3.8) is 0 Å². The zero-order valence-corrected chi connectivity index (χ0v) is 10.9. The quantitative estimate of drug-likeness (QED) is 0.897. The lowest BCUT2D eigenvalue weighted by molar-refractivity contribution is 0.242. The van der Waals surface area contributed by atoms with E-state index in [-0.39, 0.29) is 11.2 Å². The van der Waals surface area contributed by atoms with Crippen LogP contribution in [-0.4, -0.2) is 18.8 Å². The van der Waals surface area contributed by atoms with Crippen LogP contribution in [-0.2, 0) is 5.41 Å². The normalized spacial score (nSPS) is 17.9. The Labute approximate surface area is 104 Å². The zero-order valence-electron chi connectivity index (χ0n) is 9.29. The van der Waals surface area contributed by atoms with Crippen molar-refractivity contribution in [3.05, 3.63) is 22.2 Å². The Morgan fingerprint density at radius 2 is 2.19 bits per heavy atom. The molecular formula is C12H16BrNO2. The highest BCUT2D eigenvalue weighted by Crippen LogP contribution is 2.50. The molecule has 88 valence electrons. The van der Waals surface area contributed by atoms with E-state index in [1.165, 1.54) is 6.42 Å². The van der Waals surface area contributed by atoms with Gasteiger partial charge in [0.2, 0.25) is 0 Å². The first-order valence-corrected chi connectivity index (χ1v) is 6.20. The summed E-state index contributed by atoms with van der Waals surface area (Å²) < 4.78 is 5.95. The summed E-state index contributed by atoms with van der Waals surface area (Å²) >= 11 is 3.35. The SMILES string of the molecule is COc1c(Br)ccc(C2(CN)CCC2)c1O. The number of rotatable bonds is 3. The summed E-state index contributed by atoms with van der Waals surface area (Å²) in [5.74, 6) is 0.722. The first-order chi connectivity index (χ1) is 7.64. The number of benzene rings is 1. The number of methoxy groups -OCH3 is 1. The van der Waals surface area contributed by atoms with Crippen molar-refractivity contribution in [2.75, 3.05) is 13.7 Å². The van der Waals surface area contributed by atoms with Crippen molar-refractivity contribution in [2.45, 2.75) is 24.7 Å². The van der Waals surface area contributed by atoms with Crippen LogP contribution in [0.15, 0.2) is 16.6 Å². The van der Waals surface area contributed by atoms with E-state index in [4.69, 9.17) is 10.5 Å². The molecule has 2 rings (SSSR count). The van der Waals surface area contributed by atoms with Crippen molar-refractivity contribution in [1.82, 2.24) is 0 Å². The number of phenolic OH excluding ortho intramolecular Hbond substituents is 1. The number of hydrogen-bond acceptors (Lipinski definition) is 3. The van der Waals surface area contributed by atoms with E-state index in [9.17, 15) is 5.11 Å². The van der Waals surface area contributed by atoms with Crippen molar-refractivity contribution in [1.29, 1.82) is 0 Å². The molecule has 0 bridgehead atoms. The van der Waals surface area contributed by atoms with Crippen molar-refractivity contribution in [2.24, 2.45) is 5.73 Å². The van der Waals surface area contributed by atoms with E-state index < -0.39 is 0 Å². The van der Waals surface area contributed by atoms with Gasteiger partial charge in [0.05, 0.1) is 11.6 Å². The molecule has 16 heavy (non-hydrogen) atoms. The molecule has 1 aromatic rings. The third-order valence-corrected chi connectivity index (χ3v) is 4.18. The Hall–Kier alpha value is -0.740. The number of nitrogens with two attached hydrogens (primary N) is 1. The molecule has 1 fully saturated rings. The van der Waals surface area contributed by atoms with E-state index in [0.717, 1.165) is 22.9 Å². The second-order valence-electron chi connectivity index (χ2n) is 4.31. The summed E-state index contributed by atoms with van der Waals surface area (Å²) in [5.41, 5.74) is 6.71. The monoisotopic (exact) mass is 285 g/mol. The summed E-state index contributed by atoms with van der Waals surface area (Å²) in [5, 5.41) is 10.2. The lowest BCUT2D eigenvalue weighted by Crippen LogP contribution is -2.41. The van der Waals surface area contributed by atoms with E-state index in [1.54, 1.807) is 7.11 Å². The highest BCUT2D eigenvalue weighted by molar-refractivity contribution is 9.10. The van der Waals surface area contributed by atoms with E-state index in [0.29, 0.717) is 12.3 Å². The van der Waals surface area contributed by atoms with Gasteiger partial charge in [-0.1, -0.05) is 12.5 Å². The van der Waals surface area contributed by atoms with Crippen LogP contribution in [0.4, 0.5) is 0 Å². The molecule has 1 saturated carbocycles. The van der Waals surface area contributed by atoms with Gasteiger partial charge < -0.3 is 15.6 Å². The maximum Gasteiger partial charge on any atom is 0.174 e. The fourth-order valence-electron chi connectivity index (χ4n) is 2.36. The fraction of sp³-hybridized carbons (Fsp3) is 0.500. The van der Waals surface area contributed by atoms with Crippen molar-refractivity contribution < 1.29 is 9.84 Å². The number of ether oxygens (including phenoxy) is 1. The maximum absolute atomic E-state index is 10.2. The van der Waals surface area contributed by atoms with Gasteiger partial charge in [0.15, 0.2) is 11.5 Å². The molecule has 0 atom stereocenters. The van der Waals surface area contributed by atoms with Gasteiger partial charge in [0, 0.05) is 17.5 Å². The van der Waals surface area contributed by atoms with Gasteiger partial charge in [-0.05, 0) is 34.8 Å². The molecular weight excluding hydrogens is 270 g/mol. The highest BCUT2D eigenvalue weighted by Gasteiger charge is 2.40. The molecule has 0 radical (unpaired) electrons. The average Bonchev–Trinajstić information content (AvgIpc) is 2.21. The van der Waals surface area contributed by atoms with Crippen LogP contribution in [0.5, 0.6) is 11.5 Å². The molecule has 0 heterocycles. The summed E-state index contributed by atoms with van der Waals surface area (Å²) in [7, 11) is 1.56. The Bertz CT molecular complexity index is 397. The van der Waals surface area contributed by atoms with Gasteiger partial charge in [0.1, 0.15) is 0 Å². The van der Waals surface area contributed by atoms with Gasteiger partial charge in [-0.25, -0.2) is 0 Å². The molecule has 1 aliphatic rings. The lowest BCUT2D eigenvalue weighted by atomic mass is 9.64. The molecule has 0 spiro atoms. The van der Waals surface area contributed by atoms with E-state index >= 15 is 0 Å². The predicted octanol–water partition coefficient (Wildman–Crippen LogP) is 2.54. The lowest BCUT2D eigenvalue weighted by Gasteiger charge is -2.42. The fourth-order valence-corrected chi connectivity index (χ4v) is 2.84. The third-order valence-electron chi connectivity index (χ3n) is 3.56. The maximum atomic E-state index is 10.2. The minimum atomic E-state index is -0.0436. The van der Waals surface area contributed by atoms with Crippen molar-refractivity contribution in [3.8, 4) is 11.5 Å². The molecule has 3 nitrogen and oxygen atoms in total. The average molecular weight is 286 g/mol. The summed E-state index contributed by atoms with van der Waals surface area (Å²) in [4.78, 5) is 0. The molecule has 4 heteroatoms. The minimum absolute atomic E-state index is 0.0436. The molecule has 3 N–H and O–H groups in total. The van der Waals surface area contributed by atoms with Gasteiger partial charge in [-0.15, -0.1) is 0 Å². The van der Waals surface area contributed by atoms with Crippen LogP contribution in [0, 0.1) is 0 Å². The third kappa shape index (κ3) is 1.60. The van der Waals surface area contributed by atoms with Crippen LogP contribution in [0.3, 0.4) is 0 Å². The first kappa shape index (κ1) is 11.7. The van der Waals surface area contributed by atoms with Crippen LogP contribution >= 0.6 is 15.9 Å². The molecule has 0 aliphatic heterocycles. The number of halogens is 1. The number of phenols is 1. The first-order valence-electron chi connectivity index (χ1n) is 5.40. The molecule has 1 aromatic carbocycles. The molecule has 1 aliphatic carbocycles. The summed E-state index contributed by atoms with van der Waals surface area (Å²) in [6, 6.07) is 3.84. The Balaban J connectivity index is 2.49. The minimum Gasteiger partial charge on any atom is -0.504 e.